The monoisotopic (exact) mass is 348 g/mol. The van der Waals surface area contributed by atoms with Gasteiger partial charge in [0.2, 0.25) is 5.88 Å². The summed E-state index contributed by atoms with van der Waals surface area (Å²) >= 11 is 3.57. The Morgan fingerprint density at radius 3 is 2.38 bits per heavy atom. The van der Waals surface area contributed by atoms with E-state index in [-0.39, 0.29) is 0 Å². The highest BCUT2D eigenvalue weighted by Crippen LogP contribution is 2.29. The number of aryl methyl sites for hydroxylation is 3. The van der Waals surface area contributed by atoms with Crippen molar-refractivity contribution in [2.24, 2.45) is 5.73 Å². The minimum Gasteiger partial charge on any atom is -0.439 e. The van der Waals surface area contributed by atoms with Crippen molar-refractivity contribution in [2.75, 3.05) is 0 Å². The van der Waals surface area contributed by atoms with E-state index < -0.39 is 0 Å². The summed E-state index contributed by atoms with van der Waals surface area (Å²) in [6, 6.07) is 7.97. The smallest absolute Gasteiger partial charge is 0.219 e. The molecule has 2 N–H and O–H groups in total. The van der Waals surface area contributed by atoms with Gasteiger partial charge >= 0.3 is 0 Å². The molecule has 0 fully saturated rings. The lowest BCUT2D eigenvalue weighted by Gasteiger charge is -2.11. The third-order valence-electron chi connectivity index (χ3n) is 3.29. The van der Waals surface area contributed by atoms with Crippen LogP contribution in [0, 0.1) is 13.8 Å². The summed E-state index contributed by atoms with van der Waals surface area (Å²) in [5, 5.41) is 0. The first kappa shape index (κ1) is 16.0. The zero-order chi connectivity index (χ0) is 15.4. The van der Waals surface area contributed by atoms with Crippen LogP contribution in [0.25, 0.3) is 0 Å². The molecule has 112 valence electrons. The molecule has 3 nitrogen and oxygen atoms in total. The number of nitrogens with two attached hydrogens (primary N) is 1. The standard InChI is InChI=1S/C17H21BrN2O/c1-4-5-14-8-13(10-19)9-16(20-14)21-15-6-11(2)17(18)12(3)7-15/h6-9H,4-5,10,19H2,1-3H3. The first-order valence-corrected chi connectivity index (χ1v) is 7.97. The van der Waals surface area contributed by atoms with Crippen molar-refractivity contribution in [3.05, 3.63) is 51.1 Å². The fourth-order valence-electron chi connectivity index (χ4n) is 2.26. The molecular weight excluding hydrogens is 328 g/mol. The highest BCUT2D eigenvalue weighted by molar-refractivity contribution is 9.10. The van der Waals surface area contributed by atoms with Crippen LogP contribution in [0.1, 0.15) is 35.7 Å². The van der Waals surface area contributed by atoms with Gasteiger partial charge in [-0.3, -0.25) is 0 Å². The van der Waals surface area contributed by atoms with Crippen LogP contribution in [0.15, 0.2) is 28.7 Å². The molecule has 0 aliphatic carbocycles. The molecule has 0 amide bonds. The van der Waals surface area contributed by atoms with E-state index in [0.717, 1.165) is 45.4 Å². The van der Waals surface area contributed by atoms with Gasteiger partial charge in [0.05, 0.1) is 0 Å². The normalized spacial score (nSPS) is 10.7. The molecule has 4 heteroatoms. The molecule has 1 heterocycles. The lowest BCUT2D eigenvalue weighted by atomic mass is 10.1. The lowest BCUT2D eigenvalue weighted by Crippen LogP contribution is -2.01. The molecule has 21 heavy (non-hydrogen) atoms. The molecular formula is C17H21BrN2O. The summed E-state index contributed by atoms with van der Waals surface area (Å²) in [7, 11) is 0. The van der Waals surface area contributed by atoms with Crippen molar-refractivity contribution >= 4 is 15.9 Å². The van der Waals surface area contributed by atoms with Gasteiger partial charge in [0.25, 0.3) is 0 Å². The Labute approximate surface area is 134 Å². The van der Waals surface area contributed by atoms with E-state index in [1.165, 1.54) is 0 Å². The predicted octanol–water partition coefficient (Wildman–Crippen LogP) is 4.66. The molecule has 0 aliphatic rings. The van der Waals surface area contributed by atoms with Crippen LogP contribution in [-0.2, 0) is 13.0 Å². The third-order valence-corrected chi connectivity index (χ3v) is 4.54. The zero-order valence-corrected chi connectivity index (χ0v) is 14.3. The van der Waals surface area contributed by atoms with Gasteiger partial charge in [-0.2, -0.15) is 0 Å². The third kappa shape index (κ3) is 4.05. The Bertz CT molecular complexity index is 618. The molecule has 0 saturated carbocycles. The molecule has 0 spiro atoms. The number of ether oxygens (including phenoxy) is 1. The van der Waals surface area contributed by atoms with Gasteiger partial charge in [0.15, 0.2) is 0 Å². The minimum absolute atomic E-state index is 0.494. The molecule has 1 aromatic carbocycles. The number of hydrogen-bond donors (Lipinski definition) is 1. The molecule has 2 aromatic rings. The van der Waals surface area contributed by atoms with E-state index in [9.17, 15) is 0 Å². The van der Waals surface area contributed by atoms with E-state index in [0.29, 0.717) is 12.4 Å². The zero-order valence-electron chi connectivity index (χ0n) is 12.7. The van der Waals surface area contributed by atoms with Crippen LogP contribution in [0.2, 0.25) is 0 Å². The second kappa shape index (κ2) is 7.05. The van der Waals surface area contributed by atoms with Crippen molar-refractivity contribution < 1.29 is 4.74 Å². The molecule has 2 rings (SSSR count). The van der Waals surface area contributed by atoms with E-state index in [4.69, 9.17) is 10.5 Å². The summed E-state index contributed by atoms with van der Waals surface area (Å²) in [4.78, 5) is 4.56. The molecule has 0 aliphatic heterocycles. The highest BCUT2D eigenvalue weighted by atomic mass is 79.9. The van der Waals surface area contributed by atoms with Crippen LogP contribution in [0.4, 0.5) is 0 Å². The maximum Gasteiger partial charge on any atom is 0.219 e. The van der Waals surface area contributed by atoms with E-state index in [1.807, 2.05) is 18.2 Å². The van der Waals surface area contributed by atoms with Gasteiger partial charge in [-0.25, -0.2) is 4.98 Å². The average Bonchev–Trinajstić information content (AvgIpc) is 2.44. The quantitative estimate of drug-likeness (QED) is 0.854. The molecule has 0 unspecified atom stereocenters. The van der Waals surface area contributed by atoms with Gasteiger partial charge in [-0.15, -0.1) is 0 Å². The molecule has 0 atom stereocenters. The molecule has 0 radical (unpaired) electrons. The largest absolute Gasteiger partial charge is 0.439 e. The summed E-state index contributed by atoms with van der Waals surface area (Å²) < 4.78 is 7.05. The van der Waals surface area contributed by atoms with Crippen LogP contribution in [0.3, 0.4) is 0 Å². The average molecular weight is 349 g/mol. The van der Waals surface area contributed by atoms with E-state index >= 15 is 0 Å². The first-order chi connectivity index (χ1) is 10.0. The number of hydrogen-bond acceptors (Lipinski definition) is 3. The Balaban J connectivity index is 2.32. The van der Waals surface area contributed by atoms with Crippen LogP contribution in [-0.4, -0.2) is 4.98 Å². The fraction of sp³-hybridized carbons (Fsp3) is 0.353. The fourth-order valence-corrected chi connectivity index (χ4v) is 2.49. The van der Waals surface area contributed by atoms with Crippen molar-refractivity contribution in [2.45, 2.75) is 40.2 Å². The first-order valence-electron chi connectivity index (χ1n) is 7.18. The maximum atomic E-state index is 5.94. The lowest BCUT2D eigenvalue weighted by molar-refractivity contribution is 0.459. The number of rotatable bonds is 5. The van der Waals surface area contributed by atoms with Crippen molar-refractivity contribution in [1.29, 1.82) is 0 Å². The summed E-state index contributed by atoms with van der Waals surface area (Å²) in [5.74, 6) is 1.42. The summed E-state index contributed by atoms with van der Waals surface area (Å²) in [6.45, 7) is 6.74. The number of nitrogens with zero attached hydrogens (tertiary/aromatic N) is 1. The number of aromatic nitrogens is 1. The maximum absolute atomic E-state index is 5.94. The van der Waals surface area contributed by atoms with Crippen molar-refractivity contribution in [3.8, 4) is 11.6 Å². The molecule has 0 saturated heterocycles. The Morgan fingerprint density at radius 2 is 1.81 bits per heavy atom. The van der Waals surface area contributed by atoms with E-state index in [2.05, 4.69) is 47.8 Å². The number of benzene rings is 1. The van der Waals surface area contributed by atoms with Gasteiger partial charge < -0.3 is 10.5 Å². The van der Waals surface area contributed by atoms with Crippen LogP contribution < -0.4 is 10.5 Å². The second-order valence-electron chi connectivity index (χ2n) is 5.23. The summed E-state index contributed by atoms with van der Waals surface area (Å²) in [6.07, 6.45) is 1.99. The van der Waals surface area contributed by atoms with E-state index in [1.54, 1.807) is 0 Å². The van der Waals surface area contributed by atoms with Crippen LogP contribution in [0.5, 0.6) is 11.6 Å². The summed E-state index contributed by atoms with van der Waals surface area (Å²) in [5.41, 5.74) is 10.1. The predicted molar refractivity (Wildman–Crippen MR) is 89.8 cm³/mol. The Morgan fingerprint density at radius 1 is 1.14 bits per heavy atom. The van der Waals surface area contributed by atoms with Crippen molar-refractivity contribution in [1.82, 2.24) is 4.98 Å². The number of pyridine rings is 1. The SMILES string of the molecule is CCCc1cc(CN)cc(Oc2cc(C)c(Br)c(C)c2)n1. The Kier molecular flexibility index (Phi) is 5.37. The van der Waals surface area contributed by atoms with Gasteiger partial charge in [0.1, 0.15) is 5.75 Å². The van der Waals surface area contributed by atoms with Gasteiger partial charge in [-0.05, 0) is 55.2 Å². The van der Waals surface area contributed by atoms with Crippen LogP contribution >= 0.6 is 15.9 Å². The minimum atomic E-state index is 0.494. The van der Waals surface area contributed by atoms with Crippen molar-refractivity contribution in [3.63, 3.8) is 0 Å². The molecule has 0 bridgehead atoms. The second-order valence-corrected chi connectivity index (χ2v) is 6.03. The Hall–Kier alpha value is -1.39. The highest BCUT2D eigenvalue weighted by Gasteiger charge is 2.07. The van der Waals surface area contributed by atoms with Gasteiger partial charge in [0, 0.05) is 22.8 Å². The topological polar surface area (TPSA) is 48.1 Å². The number of halogens is 1. The molecule has 1 aromatic heterocycles. The van der Waals surface area contributed by atoms with Gasteiger partial charge in [-0.1, -0.05) is 29.3 Å².